The Kier molecular flexibility index (Phi) is 7.47. The molecule has 0 amide bonds. The lowest BCUT2D eigenvalue weighted by Gasteiger charge is -2.34. The molecule has 1 N–H and O–H groups in total. The number of aryl methyl sites for hydroxylation is 1. The number of anilines is 2. The number of benzene rings is 1. The summed E-state index contributed by atoms with van der Waals surface area (Å²) in [7, 11) is -1.03. The van der Waals surface area contributed by atoms with Gasteiger partial charge in [0.1, 0.15) is 10.7 Å². The fourth-order valence-electron chi connectivity index (χ4n) is 5.47. The molecule has 1 aliphatic carbocycles. The first-order valence-electron chi connectivity index (χ1n) is 12.9. The second-order valence-corrected chi connectivity index (χ2v) is 12.4. The van der Waals surface area contributed by atoms with Gasteiger partial charge in [-0.3, -0.25) is 13.6 Å². The van der Waals surface area contributed by atoms with Crippen LogP contribution in [0.15, 0.2) is 40.2 Å². The van der Waals surface area contributed by atoms with Crippen molar-refractivity contribution in [3.63, 3.8) is 0 Å². The van der Waals surface area contributed by atoms with E-state index in [1.54, 1.807) is 16.8 Å². The van der Waals surface area contributed by atoms with Crippen LogP contribution < -0.4 is 10.9 Å². The molecule has 0 radical (unpaired) electrons. The first-order valence-corrected chi connectivity index (χ1v) is 14.5. The number of fused-ring (bicyclic) bond motifs is 1. The van der Waals surface area contributed by atoms with Crippen LogP contribution in [0.5, 0.6) is 0 Å². The predicted molar refractivity (Wildman–Crippen MR) is 147 cm³/mol. The molecule has 2 aromatic heterocycles. The molecule has 1 atom stereocenters. The Morgan fingerprint density at radius 1 is 1.11 bits per heavy atom. The van der Waals surface area contributed by atoms with Crippen molar-refractivity contribution < 1.29 is 4.21 Å². The highest BCUT2D eigenvalue weighted by molar-refractivity contribution is 7.85. The number of halogens is 1. The van der Waals surface area contributed by atoms with E-state index in [1.807, 2.05) is 25.1 Å². The van der Waals surface area contributed by atoms with Crippen molar-refractivity contribution >= 4 is 45.1 Å². The van der Waals surface area contributed by atoms with Gasteiger partial charge in [-0.15, -0.1) is 0 Å². The SMILES string of the molecule is Cc1cc(S(=O)C2CCN(C(C)C)CC2)ccc1Nc1ncc2cc(Cl)c(=O)n(C3CCCC3)c2n1. The second kappa shape index (κ2) is 10.6. The maximum atomic E-state index is 13.3. The van der Waals surface area contributed by atoms with Gasteiger partial charge >= 0.3 is 0 Å². The van der Waals surface area contributed by atoms with Gasteiger partial charge in [-0.05, 0) is 89.4 Å². The molecule has 3 heterocycles. The fraction of sp³-hybridized carbons (Fsp3) is 0.519. The number of aromatic nitrogens is 3. The van der Waals surface area contributed by atoms with E-state index in [4.69, 9.17) is 16.6 Å². The highest BCUT2D eigenvalue weighted by atomic mass is 35.5. The van der Waals surface area contributed by atoms with Crippen LogP contribution in [0.3, 0.4) is 0 Å². The number of nitrogens with zero attached hydrogens (tertiary/aromatic N) is 4. The van der Waals surface area contributed by atoms with Crippen LogP contribution in [0.1, 0.15) is 64.0 Å². The van der Waals surface area contributed by atoms with E-state index in [-0.39, 0.29) is 21.9 Å². The molecule has 7 nitrogen and oxygen atoms in total. The van der Waals surface area contributed by atoms with Crippen LogP contribution in [-0.2, 0) is 10.8 Å². The molecule has 36 heavy (non-hydrogen) atoms. The Morgan fingerprint density at radius 2 is 1.83 bits per heavy atom. The van der Waals surface area contributed by atoms with Gasteiger partial charge in [0.15, 0.2) is 0 Å². The Hall–Kier alpha value is -2.29. The molecule has 9 heteroatoms. The lowest BCUT2D eigenvalue weighted by Crippen LogP contribution is -2.41. The normalized spacial score (nSPS) is 18.8. The predicted octanol–water partition coefficient (Wildman–Crippen LogP) is 5.59. The van der Waals surface area contributed by atoms with Gasteiger partial charge < -0.3 is 10.2 Å². The molecule has 1 saturated carbocycles. The standard InChI is InChI=1S/C27H34ClN5O2S/c1-17(2)32-12-10-21(11-13-32)36(35)22-8-9-24(18(3)14-22)30-27-29-16-19-15-23(28)26(34)33(25(19)31-27)20-6-4-5-7-20/h8-9,14-17,20-21H,4-7,10-13H2,1-3H3,(H,29,30,31). The van der Waals surface area contributed by atoms with Crippen molar-refractivity contribution in [3.05, 3.63) is 51.4 Å². The first kappa shape index (κ1) is 25.4. The largest absolute Gasteiger partial charge is 0.324 e. The molecular weight excluding hydrogens is 494 g/mol. The summed E-state index contributed by atoms with van der Waals surface area (Å²) in [5.74, 6) is 0.425. The van der Waals surface area contributed by atoms with Crippen LogP contribution in [0.25, 0.3) is 11.0 Å². The number of hydrogen-bond acceptors (Lipinski definition) is 6. The summed E-state index contributed by atoms with van der Waals surface area (Å²) < 4.78 is 15.0. The molecule has 0 bridgehead atoms. The minimum absolute atomic E-state index is 0.116. The Balaban J connectivity index is 1.37. The van der Waals surface area contributed by atoms with Crippen molar-refractivity contribution in [2.24, 2.45) is 0 Å². The smallest absolute Gasteiger partial charge is 0.271 e. The number of likely N-dealkylation sites (tertiary alicyclic amines) is 1. The molecule has 2 fully saturated rings. The minimum atomic E-state index is -1.03. The van der Waals surface area contributed by atoms with E-state index >= 15 is 0 Å². The first-order chi connectivity index (χ1) is 17.3. The van der Waals surface area contributed by atoms with Crippen LogP contribution in [0, 0.1) is 6.92 Å². The Morgan fingerprint density at radius 3 is 2.50 bits per heavy atom. The van der Waals surface area contributed by atoms with Gasteiger partial charge in [0.25, 0.3) is 5.56 Å². The third-order valence-corrected chi connectivity index (χ3v) is 9.67. The zero-order valence-electron chi connectivity index (χ0n) is 21.2. The van der Waals surface area contributed by atoms with Crippen molar-refractivity contribution in [3.8, 4) is 0 Å². The van der Waals surface area contributed by atoms with E-state index in [1.165, 1.54) is 0 Å². The third kappa shape index (κ3) is 5.08. The van der Waals surface area contributed by atoms with Crippen molar-refractivity contribution in [1.29, 1.82) is 0 Å². The molecule has 1 aliphatic heterocycles. The van der Waals surface area contributed by atoms with Gasteiger partial charge in [-0.1, -0.05) is 24.4 Å². The average molecular weight is 528 g/mol. The van der Waals surface area contributed by atoms with Crippen molar-refractivity contribution in [2.45, 2.75) is 81.5 Å². The highest BCUT2D eigenvalue weighted by Crippen LogP contribution is 2.32. The van der Waals surface area contributed by atoms with Gasteiger partial charge in [-0.2, -0.15) is 4.98 Å². The maximum Gasteiger partial charge on any atom is 0.271 e. The number of nitrogens with one attached hydrogen (secondary N) is 1. The van der Waals surface area contributed by atoms with Gasteiger partial charge in [0.2, 0.25) is 5.95 Å². The maximum absolute atomic E-state index is 13.3. The van der Waals surface area contributed by atoms with E-state index in [0.29, 0.717) is 17.6 Å². The number of rotatable bonds is 6. The quantitative estimate of drug-likeness (QED) is 0.450. The molecule has 1 aromatic carbocycles. The molecular formula is C27H34ClN5O2S. The molecule has 3 aromatic rings. The Labute approximate surface area is 219 Å². The van der Waals surface area contributed by atoms with E-state index in [9.17, 15) is 9.00 Å². The van der Waals surface area contributed by atoms with Crippen LogP contribution >= 0.6 is 11.6 Å². The van der Waals surface area contributed by atoms with Crippen LogP contribution in [-0.4, -0.2) is 48.0 Å². The van der Waals surface area contributed by atoms with Crippen LogP contribution in [0.4, 0.5) is 11.6 Å². The summed E-state index contributed by atoms with van der Waals surface area (Å²) in [5.41, 5.74) is 2.25. The summed E-state index contributed by atoms with van der Waals surface area (Å²) >= 11 is 6.25. The molecule has 0 spiro atoms. The topological polar surface area (TPSA) is 80.1 Å². The summed E-state index contributed by atoms with van der Waals surface area (Å²) in [6, 6.07) is 8.19. The zero-order valence-corrected chi connectivity index (χ0v) is 22.7. The van der Waals surface area contributed by atoms with Gasteiger partial charge in [-0.25, -0.2) is 4.98 Å². The fourth-order valence-corrected chi connectivity index (χ4v) is 7.20. The number of pyridine rings is 1. The summed E-state index contributed by atoms with van der Waals surface area (Å²) in [6.45, 7) is 8.44. The molecule has 5 rings (SSSR count). The van der Waals surface area contributed by atoms with Crippen molar-refractivity contribution in [2.75, 3.05) is 18.4 Å². The summed E-state index contributed by atoms with van der Waals surface area (Å²) in [6.07, 6.45) is 7.75. The molecule has 2 aliphatic rings. The Bertz CT molecular complexity index is 1340. The van der Waals surface area contributed by atoms with Gasteiger partial charge in [0.05, 0.1) is 10.8 Å². The average Bonchev–Trinajstić information content (AvgIpc) is 3.40. The lowest BCUT2D eigenvalue weighted by atomic mass is 10.1. The highest BCUT2D eigenvalue weighted by Gasteiger charge is 2.26. The van der Waals surface area contributed by atoms with Crippen LogP contribution in [0.2, 0.25) is 5.02 Å². The number of piperidine rings is 1. The molecule has 1 unspecified atom stereocenters. The van der Waals surface area contributed by atoms with Crippen molar-refractivity contribution in [1.82, 2.24) is 19.4 Å². The zero-order chi connectivity index (χ0) is 25.4. The van der Waals surface area contributed by atoms with E-state index in [0.717, 1.165) is 73.1 Å². The van der Waals surface area contributed by atoms with E-state index < -0.39 is 10.8 Å². The monoisotopic (exact) mass is 527 g/mol. The second-order valence-electron chi connectivity index (χ2n) is 10.3. The molecule has 1 saturated heterocycles. The summed E-state index contributed by atoms with van der Waals surface area (Å²) in [5, 5.41) is 4.45. The summed E-state index contributed by atoms with van der Waals surface area (Å²) in [4.78, 5) is 25.4. The lowest BCUT2D eigenvalue weighted by molar-refractivity contribution is 0.187. The van der Waals surface area contributed by atoms with E-state index in [2.05, 4.69) is 29.0 Å². The third-order valence-electron chi connectivity index (χ3n) is 7.61. The van der Waals surface area contributed by atoms with Gasteiger partial charge in [0, 0.05) is 39.5 Å². The minimum Gasteiger partial charge on any atom is -0.324 e. The molecule has 192 valence electrons. The number of hydrogen-bond donors (Lipinski definition) is 1.